The molecule has 0 aromatic rings. The Bertz CT molecular complexity index is 302. The van der Waals surface area contributed by atoms with E-state index in [1.54, 1.807) is 0 Å². The van der Waals surface area contributed by atoms with E-state index in [0.29, 0.717) is 18.5 Å². The predicted octanol–water partition coefficient (Wildman–Crippen LogP) is 1.71. The lowest BCUT2D eigenvalue weighted by Crippen LogP contribution is -2.48. The molecule has 0 spiro atoms. The van der Waals surface area contributed by atoms with Gasteiger partial charge in [-0.25, -0.2) is 0 Å². The van der Waals surface area contributed by atoms with E-state index in [0.717, 1.165) is 38.5 Å². The zero-order chi connectivity index (χ0) is 14.4. The first-order valence-electron chi connectivity index (χ1n) is 8.39. The molecule has 2 aliphatic heterocycles. The summed E-state index contributed by atoms with van der Waals surface area (Å²) >= 11 is 0. The Balaban J connectivity index is 1.77. The van der Waals surface area contributed by atoms with Crippen LogP contribution in [-0.4, -0.2) is 61.5 Å². The van der Waals surface area contributed by atoms with E-state index < -0.39 is 0 Å². The van der Waals surface area contributed by atoms with E-state index in [-0.39, 0.29) is 0 Å². The van der Waals surface area contributed by atoms with E-state index in [4.69, 9.17) is 0 Å². The predicted molar refractivity (Wildman–Crippen MR) is 82.7 cm³/mol. The molecule has 2 fully saturated rings. The minimum Gasteiger partial charge on any atom is -0.339 e. The van der Waals surface area contributed by atoms with Crippen LogP contribution in [0, 0.1) is 5.92 Å². The number of likely N-dealkylation sites (tertiary alicyclic amines) is 1. The number of hydrogen-bond acceptors (Lipinski definition) is 3. The third-order valence-corrected chi connectivity index (χ3v) is 4.85. The Morgan fingerprint density at radius 2 is 2.00 bits per heavy atom. The number of nitrogens with one attached hydrogen (secondary N) is 1. The van der Waals surface area contributed by atoms with Crippen molar-refractivity contribution >= 4 is 5.91 Å². The fraction of sp³-hybridized carbons (Fsp3) is 0.938. The van der Waals surface area contributed by atoms with Gasteiger partial charge in [0.1, 0.15) is 0 Å². The van der Waals surface area contributed by atoms with Crippen LogP contribution >= 0.6 is 0 Å². The van der Waals surface area contributed by atoms with Crippen molar-refractivity contribution in [2.75, 3.05) is 39.8 Å². The molecule has 116 valence electrons. The summed E-state index contributed by atoms with van der Waals surface area (Å²) in [5, 5.41) is 3.40. The van der Waals surface area contributed by atoms with Crippen molar-refractivity contribution in [2.24, 2.45) is 5.92 Å². The molecule has 1 unspecified atom stereocenters. The van der Waals surface area contributed by atoms with Gasteiger partial charge in [0.2, 0.25) is 5.91 Å². The number of amides is 1. The summed E-state index contributed by atoms with van der Waals surface area (Å²) in [4.78, 5) is 16.9. The largest absolute Gasteiger partial charge is 0.339 e. The first kappa shape index (κ1) is 15.8. The minimum atomic E-state index is 0.341. The van der Waals surface area contributed by atoms with Gasteiger partial charge in [0.05, 0.1) is 6.54 Å². The Kier molecular flexibility index (Phi) is 6.30. The molecule has 0 aromatic heterocycles. The average Bonchev–Trinajstić information content (AvgIpc) is 2.48. The molecule has 2 rings (SSSR count). The second kappa shape index (κ2) is 7.99. The summed E-state index contributed by atoms with van der Waals surface area (Å²) in [7, 11) is 2.10. The van der Waals surface area contributed by atoms with Crippen molar-refractivity contribution in [2.45, 2.75) is 51.5 Å². The van der Waals surface area contributed by atoms with Crippen molar-refractivity contribution in [3.63, 3.8) is 0 Å². The molecule has 20 heavy (non-hydrogen) atoms. The SMILES string of the molecule is CCC1CCCCN1C(=O)CN(C)CC1CCNCC1. The highest BCUT2D eigenvalue weighted by atomic mass is 16.2. The van der Waals surface area contributed by atoms with Crippen LogP contribution < -0.4 is 5.32 Å². The molecule has 2 heterocycles. The van der Waals surface area contributed by atoms with Gasteiger partial charge >= 0.3 is 0 Å². The van der Waals surface area contributed by atoms with Gasteiger partial charge < -0.3 is 10.2 Å². The molecule has 1 atom stereocenters. The monoisotopic (exact) mass is 281 g/mol. The van der Waals surface area contributed by atoms with Gasteiger partial charge in [-0.05, 0) is 64.6 Å². The van der Waals surface area contributed by atoms with Crippen LogP contribution in [0.4, 0.5) is 0 Å². The number of rotatable bonds is 5. The lowest BCUT2D eigenvalue weighted by molar-refractivity contribution is -0.136. The van der Waals surface area contributed by atoms with Crippen LogP contribution in [0.2, 0.25) is 0 Å². The third-order valence-electron chi connectivity index (χ3n) is 4.85. The topological polar surface area (TPSA) is 35.6 Å². The standard InChI is InChI=1S/C16H31N3O/c1-3-15-6-4-5-11-19(15)16(20)13-18(2)12-14-7-9-17-10-8-14/h14-15,17H,3-13H2,1-2H3. The van der Waals surface area contributed by atoms with Crippen LogP contribution in [0.15, 0.2) is 0 Å². The maximum atomic E-state index is 12.5. The molecule has 2 aliphatic rings. The second-order valence-electron chi connectivity index (χ2n) is 6.54. The number of nitrogens with zero attached hydrogens (tertiary/aromatic N) is 2. The van der Waals surface area contributed by atoms with Crippen molar-refractivity contribution < 1.29 is 4.79 Å². The van der Waals surface area contributed by atoms with Crippen LogP contribution in [0.5, 0.6) is 0 Å². The number of likely N-dealkylation sites (N-methyl/N-ethyl adjacent to an activating group) is 1. The number of hydrogen-bond donors (Lipinski definition) is 1. The molecule has 0 radical (unpaired) electrons. The van der Waals surface area contributed by atoms with E-state index in [9.17, 15) is 4.79 Å². The van der Waals surface area contributed by atoms with Gasteiger partial charge in [-0.15, -0.1) is 0 Å². The summed E-state index contributed by atoms with van der Waals surface area (Å²) in [6, 6.07) is 0.489. The van der Waals surface area contributed by atoms with Crippen molar-refractivity contribution in [3.05, 3.63) is 0 Å². The smallest absolute Gasteiger partial charge is 0.236 e. The quantitative estimate of drug-likeness (QED) is 0.833. The highest BCUT2D eigenvalue weighted by Crippen LogP contribution is 2.20. The fourth-order valence-electron chi connectivity index (χ4n) is 3.64. The van der Waals surface area contributed by atoms with Gasteiger partial charge in [-0.1, -0.05) is 6.92 Å². The molecule has 1 N–H and O–H groups in total. The van der Waals surface area contributed by atoms with Crippen LogP contribution in [0.3, 0.4) is 0 Å². The van der Waals surface area contributed by atoms with Crippen LogP contribution in [0.1, 0.15) is 45.4 Å². The third kappa shape index (κ3) is 4.45. The zero-order valence-corrected chi connectivity index (χ0v) is 13.2. The van der Waals surface area contributed by atoms with E-state index in [1.165, 1.54) is 32.1 Å². The summed E-state index contributed by atoms with van der Waals surface area (Å²) in [6.45, 7) is 7.11. The number of carbonyl (C=O) groups excluding carboxylic acids is 1. The molecule has 4 nitrogen and oxygen atoms in total. The molecular formula is C16H31N3O. The van der Waals surface area contributed by atoms with Crippen molar-refractivity contribution in [1.29, 1.82) is 0 Å². The zero-order valence-electron chi connectivity index (χ0n) is 13.2. The summed E-state index contributed by atoms with van der Waals surface area (Å²) in [6.07, 6.45) is 7.26. The Hall–Kier alpha value is -0.610. The first-order valence-corrected chi connectivity index (χ1v) is 8.39. The normalized spacial score (nSPS) is 25.1. The molecule has 4 heteroatoms. The Morgan fingerprint density at radius 3 is 2.70 bits per heavy atom. The molecule has 0 saturated carbocycles. The van der Waals surface area contributed by atoms with E-state index >= 15 is 0 Å². The lowest BCUT2D eigenvalue weighted by Gasteiger charge is -2.36. The van der Waals surface area contributed by atoms with E-state index in [1.807, 2.05) is 0 Å². The minimum absolute atomic E-state index is 0.341. The number of piperidine rings is 2. The Morgan fingerprint density at radius 1 is 1.25 bits per heavy atom. The van der Waals surface area contributed by atoms with Gasteiger partial charge in [0.25, 0.3) is 0 Å². The highest BCUT2D eigenvalue weighted by Gasteiger charge is 2.26. The number of carbonyl (C=O) groups is 1. The van der Waals surface area contributed by atoms with Gasteiger partial charge in [0, 0.05) is 19.1 Å². The fourth-order valence-corrected chi connectivity index (χ4v) is 3.64. The second-order valence-corrected chi connectivity index (χ2v) is 6.54. The first-order chi connectivity index (χ1) is 9.70. The molecule has 0 bridgehead atoms. The van der Waals surface area contributed by atoms with Gasteiger partial charge in [0.15, 0.2) is 0 Å². The van der Waals surface area contributed by atoms with Crippen LogP contribution in [-0.2, 0) is 4.79 Å². The maximum Gasteiger partial charge on any atom is 0.236 e. The highest BCUT2D eigenvalue weighted by molar-refractivity contribution is 5.78. The molecule has 1 amide bonds. The van der Waals surface area contributed by atoms with Gasteiger partial charge in [-0.2, -0.15) is 0 Å². The Labute approximate surface area is 123 Å². The molecule has 0 aliphatic carbocycles. The van der Waals surface area contributed by atoms with E-state index in [2.05, 4.69) is 29.1 Å². The average molecular weight is 281 g/mol. The maximum absolute atomic E-state index is 12.5. The summed E-state index contributed by atoms with van der Waals surface area (Å²) in [5.74, 6) is 1.10. The summed E-state index contributed by atoms with van der Waals surface area (Å²) < 4.78 is 0. The lowest BCUT2D eigenvalue weighted by atomic mass is 9.97. The van der Waals surface area contributed by atoms with Crippen molar-refractivity contribution in [1.82, 2.24) is 15.1 Å². The van der Waals surface area contributed by atoms with Gasteiger partial charge in [-0.3, -0.25) is 9.69 Å². The summed E-state index contributed by atoms with van der Waals surface area (Å²) in [5.41, 5.74) is 0. The van der Waals surface area contributed by atoms with Crippen molar-refractivity contribution in [3.8, 4) is 0 Å². The van der Waals surface area contributed by atoms with Crippen LogP contribution in [0.25, 0.3) is 0 Å². The molecular weight excluding hydrogens is 250 g/mol. The molecule has 0 aromatic carbocycles. The molecule has 2 saturated heterocycles.